The summed E-state index contributed by atoms with van der Waals surface area (Å²) in [5, 5.41) is 10.1. The molecular formula is C9H8N2O. The first-order valence-corrected chi connectivity index (χ1v) is 3.61. The molecule has 1 aromatic heterocycles. The van der Waals surface area contributed by atoms with Gasteiger partial charge in [-0.2, -0.15) is 0 Å². The van der Waals surface area contributed by atoms with Crippen LogP contribution >= 0.6 is 0 Å². The van der Waals surface area contributed by atoms with Crippen molar-refractivity contribution in [3.8, 4) is 5.75 Å². The van der Waals surface area contributed by atoms with Crippen LogP contribution in [0.3, 0.4) is 0 Å². The molecule has 0 aliphatic rings. The molecule has 0 saturated heterocycles. The van der Waals surface area contributed by atoms with Crippen LogP contribution in [0.15, 0.2) is 30.3 Å². The van der Waals surface area contributed by atoms with E-state index < -0.39 is 0 Å². The van der Waals surface area contributed by atoms with E-state index in [-0.39, 0.29) is 5.75 Å². The first kappa shape index (κ1) is 6.91. The lowest BCUT2D eigenvalue weighted by molar-refractivity contribution is 0.481. The summed E-state index contributed by atoms with van der Waals surface area (Å²) in [6, 6.07) is 8.60. The number of aromatic hydroxyl groups is 1. The van der Waals surface area contributed by atoms with Crippen molar-refractivity contribution in [2.45, 2.75) is 0 Å². The monoisotopic (exact) mass is 160 g/mol. The van der Waals surface area contributed by atoms with Gasteiger partial charge in [0.2, 0.25) is 0 Å². The van der Waals surface area contributed by atoms with Gasteiger partial charge in [-0.25, -0.2) is 4.98 Å². The second-order valence-corrected chi connectivity index (χ2v) is 2.58. The van der Waals surface area contributed by atoms with E-state index in [1.165, 1.54) is 0 Å². The lowest BCUT2D eigenvalue weighted by Crippen LogP contribution is -1.89. The summed E-state index contributed by atoms with van der Waals surface area (Å²) >= 11 is 0. The molecule has 3 nitrogen and oxygen atoms in total. The van der Waals surface area contributed by atoms with Crippen LogP contribution in [0.1, 0.15) is 0 Å². The van der Waals surface area contributed by atoms with Crippen molar-refractivity contribution in [1.82, 2.24) is 4.98 Å². The van der Waals surface area contributed by atoms with E-state index >= 15 is 0 Å². The molecule has 1 heterocycles. The van der Waals surface area contributed by atoms with Crippen molar-refractivity contribution in [3.05, 3.63) is 30.3 Å². The largest absolute Gasteiger partial charge is 0.507 e. The van der Waals surface area contributed by atoms with E-state index in [1.807, 2.05) is 6.07 Å². The van der Waals surface area contributed by atoms with Gasteiger partial charge < -0.3 is 10.8 Å². The maximum Gasteiger partial charge on any atom is 0.124 e. The molecule has 0 bridgehead atoms. The Kier molecular flexibility index (Phi) is 1.37. The number of nitrogens with zero attached hydrogens (tertiary/aromatic N) is 1. The molecule has 0 aliphatic carbocycles. The fraction of sp³-hybridized carbons (Fsp3) is 0. The average Bonchev–Trinajstić information content (AvgIpc) is 2.04. The van der Waals surface area contributed by atoms with Crippen LogP contribution in [-0.4, -0.2) is 10.1 Å². The number of nitrogen functional groups attached to an aromatic ring is 1. The summed E-state index contributed by atoms with van der Waals surface area (Å²) in [4.78, 5) is 4.05. The summed E-state index contributed by atoms with van der Waals surface area (Å²) in [5.74, 6) is 0.702. The molecule has 0 aliphatic heterocycles. The lowest BCUT2D eigenvalue weighted by Gasteiger charge is -1.99. The average molecular weight is 160 g/mol. The summed E-state index contributed by atoms with van der Waals surface area (Å²) in [6.45, 7) is 0. The Hall–Kier alpha value is -1.77. The number of hydrogen-bond acceptors (Lipinski definition) is 3. The third-order valence-corrected chi connectivity index (χ3v) is 1.73. The summed E-state index contributed by atoms with van der Waals surface area (Å²) in [6.07, 6.45) is 0. The molecule has 0 unspecified atom stereocenters. The molecule has 0 spiro atoms. The molecule has 2 rings (SSSR count). The van der Waals surface area contributed by atoms with E-state index in [9.17, 15) is 5.11 Å². The summed E-state index contributed by atoms with van der Waals surface area (Å²) in [7, 11) is 0. The third kappa shape index (κ3) is 0.955. The standard InChI is InChI=1S/C9H8N2O/c10-9-5-4-6-7(11-9)2-1-3-8(6)12/h1-5,12H,(H2,10,11). The Morgan fingerprint density at radius 2 is 2.00 bits per heavy atom. The van der Waals surface area contributed by atoms with Crippen LogP contribution in [0, 0.1) is 0 Å². The predicted octanol–water partition coefficient (Wildman–Crippen LogP) is 1.52. The zero-order valence-electron chi connectivity index (χ0n) is 6.36. The number of phenolic OH excluding ortho intramolecular Hbond substituents is 1. The van der Waals surface area contributed by atoms with E-state index in [1.54, 1.807) is 24.3 Å². The number of nitrogens with two attached hydrogens (primary N) is 1. The molecule has 0 radical (unpaired) electrons. The highest BCUT2D eigenvalue weighted by molar-refractivity contribution is 5.85. The van der Waals surface area contributed by atoms with E-state index in [2.05, 4.69) is 4.98 Å². The molecular weight excluding hydrogens is 152 g/mol. The van der Waals surface area contributed by atoms with Crippen LogP contribution in [0.25, 0.3) is 10.9 Å². The SMILES string of the molecule is Nc1ccc2c(O)cccc2n1. The second-order valence-electron chi connectivity index (χ2n) is 2.58. The van der Waals surface area contributed by atoms with Gasteiger partial charge in [0.1, 0.15) is 11.6 Å². The molecule has 0 atom stereocenters. The third-order valence-electron chi connectivity index (χ3n) is 1.73. The highest BCUT2D eigenvalue weighted by Gasteiger charge is 1.98. The molecule has 3 N–H and O–H groups in total. The first-order valence-electron chi connectivity index (χ1n) is 3.61. The van der Waals surface area contributed by atoms with Gasteiger partial charge in [0.05, 0.1) is 5.52 Å². The summed E-state index contributed by atoms with van der Waals surface area (Å²) < 4.78 is 0. The van der Waals surface area contributed by atoms with Gasteiger partial charge in [-0.15, -0.1) is 0 Å². The Morgan fingerprint density at radius 3 is 2.83 bits per heavy atom. The van der Waals surface area contributed by atoms with Crippen molar-refractivity contribution in [1.29, 1.82) is 0 Å². The van der Waals surface area contributed by atoms with E-state index in [0.717, 1.165) is 10.9 Å². The Balaban J connectivity index is 2.86. The van der Waals surface area contributed by atoms with Gasteiger partial charge in [-0.1, -0.05) is 6.07 Å². The van der Waals surface area contributed by atoms with Crippen LogP contribution in [-0.2, 0) is 0 Å². The predicted molar refractivity (Wildman–Crippen MR) is 47.8 cm³/mol. The maximum atomic E-state index is 9.38. The highest BCUT2D eigenvalue weighted by Crippen LogP contribution is 2.22. The van der Waals surface area contributed by atoms with Crippen molar-refractivity contribution in [2.75, 3.05) is 5.73 Å². The molecule has 1 aromatic carbocycles. The molecule has 12 heavy (non-hydrogen) atoms. The minimum absolute atomic E-state index is 0.236. The molecule has 60 valence electrons. The number of anilines is 1. The molecule has 2 aromatic rings. The lowest BCUT2D eigenvalue weighted by atomic mass is 10.2. The number of pyridine rings is 1. The van der Waals surface area contributed by atoms with Gasteiger partial charge in [-0.3, -0.25) is 0 Å². The second kappa shape index (κ2) is 2.37. The zero-order chi connectivity index (χ0) is 8.55. The maximum absolute atomic E-state index is 9.38. The van der Waals surface area contributed by atoms with Crippen molar-refractivity contribution >= 4 is 16.7 Å². The number of fused-ring (bicyclic) bond motifs is 1. The van der Waals surface area contributed by atoms with E-state index in [4.69, 9.17) is 5.73 Å². The van der Waals surface area contributed by atoms with E-state index in [0.29, 0.717) is 5.82 Å². The minimum Gasteiger partial charge on any atom is -0.507 e. The smallest absolute Gasteiger partial charge is 0.124 e. The van der Waals surface area contributed by atoms with Crippen molar-refractivity contribution < 1.29 is 5.11 Å². The highest BCUT2D eigenvalue weighted by atomic mass is 16.3. The fourth-order valence-corrected chi connectivity index (χ4v) is 1.15. The van der Waals surface area contributed by atoms with Crippen molar-refractivity contribution in [3.63, 3.8) is 0 Å². The van der Waals surface area contributed by atoms with Gasteiger partial charge in [0.25, 0.3) is 0 Å². The quantitative estimate of drug-likeness (QED) is 0.614. The number of phenols is 1. The van der Waals surface area contributed by atoms with Crippen LogP contribution in [0.2, 0.25) is 0 Å². The number of hydrogen-bond donors (Lipinski definition) is 2. The Morgan fingerprint density at radius 1 is 1.17 bits per heavy atom. The number of benzene rings is 1. The Labute approximate surface area is 69.5 Å². The number of aromatic nitrogens is 1. The molecule has 0 fully saturated rings. The van der Waals surface area contributed by atoms with Gasteiger partial charge >= 0.3 is 0 Å². The fourth-order valence-electron chi connectivity index (χ4n) is 1.15. The normalized spacial score (nSPS) is 10.3. The molecule has 0 amide bonds. The van der Waals surface area contributed by atoms with Gasteiger partial charge in [0.15, 0.2) is 0 Å². The summed E-state index contributed by atoms with van der Waals surface area (Å²) in [5.41, 5.74) is 6.20. The molecule has 0 saturated carbocycles. The number of rotatable bonds is 0. The Bertz CT molecular complexity index is 426. The van der Waals surface area contributed by atoms with Crippen LogP contribution in [0.4, 0.5) is 5.82 Å². The zero-order valence-corrected chi connectivity index (χ0v) is 6.36. The first-order chi connectivity index (χ1) is 5.77. The van der Waals surface area contributed by atoms with Crippen LogP contribution < -0.4 is 5.73 Å². The van der Waals surface area contributed by atoms with Crippen LogP contribution in [0.5, 0.6) is 5.75 Å². The van der Waals surface area contributed by atoms with Gasteiger partial charge in [0, 0.05) is 5.39 Å². The van der Waals surface area contributed by atoms with Crippen molar-refractivity contribution in [2.24, 2.45) is 0 Å². The minimum atomic E-state index is 0.236. The molecule has 3 heteroatoms. The topological polar surface area (TPSA) is 59.1 Å². The van der Waals surface area contributed by atoms with Gasteiger partial charge in [-0.05, 0) is 24.3 Å².